The van der Waals surface area contributed by atoms with E-state index < -0.39 is 0 Å². The third-order valence-corrected chi connectivity index (χ3v) is 3.95. The number of benzene rings is 1. The first-order valence-corrected chi connectivity index (χ1v) is 8.94. The topological polar surface area (TPSA) is 76.4 Å². The smallest absolute Gasteiger partial charge is 0.191 e. The number of hydrogen-bond donors (Lipinski definition) is 2. The SMILES string of the molecule is CN=C(NCc1ccnc(-n2ccnc2)c1)NCC(C)Oc1cccc(F)c1. The van der Waals surface area contributed by atoms with Crippen molar-refractivity contribution < 1.29 is 9.13 Å². The molecule has 0 aliphatic rings. The number of guanidine groups is 1. The molecule has 3 aromatic rings. The number of pyridine rings is 1. The predicted molar refractivity (Wildman–Crippen MR) is 106 cm³/mol. The van der Waals surface area contributed by atoms with E-state index in [1.54, 1.807) is 37.9 Å². The van der Waals surface area contributed by atoms with Crippen molar-refractivity contribution in [1.29, 1.82) is 0 Å². The van der Waals surface area contributed by atoms with Gasteiger partial charge in [0.2, 0.25) is 0 Å². The van der Waals surface area contributed by atoms with Crippen LogP contribution in [-0.2, 0) is 6.54 Å². The molecule has 146 valence electrons. The minimum absolute atomic E-state index is 0.158. The van der Waals surface area contributed by atoms with Gasteiger partial charge in [-0.2, -0.15) is 0 Å². The van der Waals surface area contributed by atoms with Crippen LogP contribution in [0.25, 0.3) is 5.82 Å². The van der Waals surface area contributed by atoms with Gasteiger partial charge in [0, 0.05) is 38.2 Å². The van der Waals surface area contributed by atoms with E-state index in [1.807, 2.05) is 29.8 Å². The van der Waals surface area contributed by atoms with Gasteiger partial charge in [0.15, 0.2) is 5.96 Å². The molecule has 0 aliphatic heterocycles. The van der Waals surface area contributed by atoms with Crippen LogP contribution in [0.3, 0.4) is 0 Å². The van der Waals surface area contributed by atoms with Crippen molar-refractivity contribution in [2.75, 3.05) is 13.6 Å². The molecule has 3 rings (SSSR count). The highest BCUT2D eigenvalue weighted by molar-refractivity contribution is 5.79. The molecule has 28 heavy (non-hydrogen) atoms. The number of nitrogens with one attached hydrogen (secondary N) is 2. The summed E-state index contributed by atoms with van der Waals surface area (Å²) in [6, 6.07) is 10.0. The van der Waals surface area contributed by atoms with E-state index in [-0.39, 0.29) is 11.9 Å². The van der Waals surface area contributed by atoms with Crippen LogP contribution in [0.5, 0.6) is 5.75 Å². The van der Waals surface area contributed by atoms with Gasteiger partial charge in [-0.3, -0.25) is 9.56 Å². The Kier molecular flexibility index (Phi) is 6.56. The van der Waals surface area contributed by atoms with Gasteiger partial charge in [0.25, 0.3) is 0 Å². The first-order valence-electron chi connectivity index (χ1n) is 8.94. The van der Waals surface area contributed by atoms with Crippen LogP contribution in [0.15, 0.2) is 66.3 Å². The van der Waals surface area contributed by atoms with E-state index in [9.17, 15) is 4.39 Å². The Bertz CT molecular complexity index is 913. The van der Waals surface area contributed by atoms with E-state index in [4.69, 9.17) is 4.74 Å². The highest BCUT2D eigenvalue weighted by atomic mass is 19.1. The van der Waals surface area contributed by atoms with Crippen LogP contribution in [0.2, 0.25) is 0 Å². The second-order valence-electron chi connectivity index (χ2n) is 6.18. The van der Waals surface area contributed by atoms with Crippen LogP contribution in [-0.4, -0.2) is 40.2 Å². The average molecular weight is 382 g/mol. The molecule has 7 nitrogen and oxygen atoms in total. The summed E-state index contributed by atoms with van der Waals surface area (Å²) < 4.78 is 20.8. The Labute approximate surface area is 163 Å². The van der Waals surface area contributed by atoms with Crippen molar-refractivity contribution in [3.63, 3.8) is 0 Å². The third-order valence-electron chi connectivity index (χ3n) is 3.95. The molecule has 8 heteroatoms. The van der Waals surface area contributed by atoms with E-state index in [0.717, 1.165) is 11.4 Å². The highest BCUT2D eigenvalue weighted by Crippen LogP contribution is 2.13. The van der Waals surface area contributed by atoms with Crippen LogP contribution in [0.4, 0.5) is 4.39 Å². The minimum Gasteiger partial charge on any atom is -0.489 e. The second kappa shape index (κ2) is 9.50. The van der Waals surface area contributed by atoms with E-state index in [0.29, 0.717) is 24.8 Å². The summed E-state index contributed by atoms with van der Waals surface area (Å²) in [7, 11) is 1.71. The zero-order valence-electron chi connectivity index (χ0n) is 15.8. The third kappa shape index (κ3) is 5.54. The quantitative estimate of drug-likeness (QED) is 0.485. The first kappa shape index (κ1) is 19.3. The molecular formula is C20H23FN6O. The lowest BCUT2D eigenvalue weighted by Crippen LogP contribution is -2.41. The van der Waals surface area contributed by atoms with Crippen LogP contribution in [0, 0.1) is 5.82 Å². The summed E-state index contributed by atoms with van der Waals surface area (Å²) in [6.45, 7) is 3.02. The number of ether oxygens (including phenoxy) is 1. The van der Waals surface area contributed by atoms with Crippen LogP contribution in [0.1, 0.15) is 12.5 Å². The van der Waals surface area contributed by atoms with Crippen molar-refractivity contribution >= 4 is 5.96 Å². The maximum absolute atomic E-state index is 13.2. The van der Waals surface area contributed by atoms with Gasteiger partial charge in [-0.25, -0.2) is 14.4 Å². The van der Waals surface area contributed by atoms with Gasteiger partial charge < -0.3 is 15.4 Å². The maximum Gasteiger partial charge on any atom is 0.191 e. The molecule has 1 aromatic carbocycles. The number of rotatable bonds is 7. The summed E-state index contributed by atoms with van der Waals surface area (Å²) in [5.41, 5.74) is 1.06. The van der Waals surface area contributed by atoms with Crippen molar-refractivity contribution in [2.45, 2.75) is 19.6 Å². The highest BCUT2D eigenvalue weighted by Gasteiger charge is 2.07. The molecule has 0 saturated heterocycles. The van der Waals surface area contributed by atoms with Crippen molar-refractivity contribution in [1.82, 2.24) is 25.2 Å². The fraction of sp³-hybridized carbons (Fsp3) is 0.250. The number of halogens is 1. The fourth-order valence-corrected chi connectivity index (χ4v) is 2.57. The fourth-order valence-electron chi connectivity index (χ4n) is 2.57. The Morgan fingerprint density at radius 3 is 2.89 bits per heavy atom. The lowest BCUT2D eigenvalue weighted by Gasteiger charge is -2.18. The van der Waals surface area contributed by atoms with Crippen LogP contribution >= 0.6 is 0 Å². The number of aliphatic imine (C=N–C) groups is 1. The first-order chi connectivity index (χ1) is 13.6. The Hall–Kier alpha value is -3.42. The van der Waals surface area contributed by atoms with E-state index in [1.165, 1.54) is 12.1 Å². The lowest BCUT2D eigenvalue weighted by atomic mass is 10.2. The summed E-state index contributed by atoms with van der Waals surface area (Å²) in [5, 5.41) is 6.46. The summed E-state index contributed by atoms with van der Waals surface area (Å²) in [4.78, 5) is 12.6. The van der Waals surface area contributed by atoms with Crippen molar-refractivity contribution in [3.8, 4) is 11.6 Å². The number of nitrogens with zero attached hydrogens (tertiary/aromatic N) is 4. The monoisotopic (exact) mass is 382 g/mol. The Balaban J connectivity index is 1.49. The van der Waals surface area contributed by atoms with Gasteiger partial charge in [-0.1, -0.05) is 6.07 Å². The second-order valence-corrected chi connectivity index (χ2v) is 6.18. The Morgan fingerprint density at radius 1 is 1.25 bits per heavy atom. The lowest BCUT2D eigenvalue weighted by molar-refractivity contribution is 0.223. The van der Waals surface area contributed by atoms with Gasteiger partial charge >= 0.3 is 0 Å². The number of hydrogen-bond acceptors (Lipinski definition) is 4. The molecule has 1 atom stereocenters. The predicted octanol–water partition coefficient (Wildman–Crippen LogP) is 2.54. The molecule has 2 aromatic heterocycles. The number of imidazole rings is 1. The van der Waals surface area contributed by atoms with Crippen molar-refractivity contribution in [3.05, 3.63) is 72.7 Å². The zero-order valence-corrected chi connectivity index (χ0v) is 15.8. The maximum atomic E-state index is 13.2. The van der Waals surface area contributed by atoms with Crippen LogP contribution < -0.4 is 15.4 Å². The van der Waals surface area contributed by atoms with E-state index in [2.05, 4.69) is 25.6 Å². The molecule has 0 saturated carbocycles. The summed E-state index contributed by atoms with van der Waals surface area (Å²) >= 11 is 0. The van der Waals surface area contributed by atoms with E-state index >= 15 is 0 Å². The molecule has 0 aliphatic carbocycles. The standard InChI is InChI=1S/C20H23FN6O/c1-15(28-18-5-3-4-17(21)11-18)12-25-20(22-2)26-13-16-6-7-24-19(10-16)27-9-8-23-14-27/h3-11,14-15H,12-13H2,1-2H3,(H2,22,25,26). The minimum atomic E-state index is -0.317. The molecule has 0 bridgehead atoms. The van der Waals surface area contributed by atoms with Gasteiger partial charge in [0.1, 0.15) is 29.8 Å². The molecule has 0 amide bonds. The summed E-state index contributed by atoms with van der Waals surface area (Å²) in [5.74, 6) is 1.64. The molecule has 0 spiro atoms. The normalized spacial score (nSPS) is 12.5. The molecule has 0 fully saturated rings. The Morgan fingerprint density at radius 2 is 2.14 bits per heavy atom. The summed E-state index contributed by atoms with van der Waals surface area (Å²) in [6.07, 6.45) is 6.87. The van der Waals surface area contributed by atoms with Crippen molar-refractivity contribution in [2.24, 2.45) is 4.99 Å². The molecule has 2 heterocycles. The average Bonchev–Trinajstić information content (AvgIpc) is 3.23. The van der Waals surface area contributed by atoms with Gasteiger partial charge in [-0.15, -0.1) is 0 Å². The zero-order chi connectivity index (χ0) is 19.8. The molecular weight excluding hydrogens is 359 g/mol. The van der Waals surface area contributed by atoms with Gasteiger partial charge in [0.05, 0.1) is 6.54 Å². The molecule has 0 radical (unpaired) electrons. The molecule has 2 N–H and O–H groups in total. The molecule has 1 unspecified atom stereocenters. The largest absolute Gasteiger partial charge is 0.489 e. The van der Waals surface area contributed by atoms with Gasteiger partial charge in [-0.05, 0) is 36.8 Å². The number of aromatic nitrogens is 3.